The standard InChI is InChI=1S/C18H22Cl2N2O/c19-15-4-1-12(9-16(15)20)11-22(13-2-3-13)17(23)14-10-18(14)5-7-21-8-6-18/h1,4,9,13-14,21H,2-3,5-8,10-11H2. The lowest BCUT2D eigenvalue weighted by molar-refractivity contribution is -0.134. The van der Waals surface area contributed by atoms with Crippen molar-refractivity contribution in [2.24, 2.45) is 11.3 Å². The normalized spacial score (nSPS) is 25.4. The van der Waals surface area contributed by atoms with Crippen molar-refractivity contribution in [3.8, 4) is 0 Å². The van der Waals surface area contributed by atoms with Crippen LogP contribution < -0.4 is 5.32 Å². The molecular weight excluding hydrogens is 331 g/mol. The fourth-order valence-corrected chi connectivity index (χ4v) is 4.30. The van der Waals surface area contributed by atoms with Crippen LogP contribution in [0.5, 0.6) is 0 Å². The fourth-order valence-electron chi connectivity index (χ4n) is 3.98. The summed E-state index contributed by atoms with van der Waals surface area (Å²) in [5.74, 6) is 0.605. The SMILES string of the molecule is O=C(C1CC12CCNCC2)N(Cc1ccc(Cl)c(Cl)c1)C1CC1. The summed E-state index contributed by atoms with van der Waals surface area (Å²) in [6.07, 6.45) is 5.64. The van der Waals surface area contributed by atoms with E-state index >= 15 is 0 Å². The van der Waals surface area contributed by atoms with Gasteiger partial charge in [0.1, 0.15) is 0 Å². The van der Waals surface area contributed by atoms with Gasteiger partial charge in [-0.2, -0.15) is 0 Å². The zero-order valence-electron chi connectivity index (χ0n) is 13.2. The number of amides is 1. The zero-order valence-corrected chi connectivity index (χ0v) is 14.7. The van der Waals surface area contributed by atoms with Crippen LogP contribution in [0.25, 0.3) is 0 Å². The lowest BCUT2D eigenvalue weighted by Gasteiger charge is -2.27. The average Bonchev–Trinajstić information content (AvgIpc) is 3.46. The molecule has 1 aromatic rings. The third-order valence-electron chi connectivity index (χ3n) is 5.69. The number of rotatable bonds is 4. The molecular formula is C18H22Cl2N2O. The Bertz CT molecular complexity index is 623. The van der Waals surface area contributed by atoms with Gasteiger partial charge < -0.3 is 10.2 Å². The second-order valence-electron chi connectivity index (χ2n) is 7.31. The lowest BCUT2D eigenvalue weighted by Crippen LogP contribution is -2.37. The van der Waals surface area contributed by atoms with Crippen LogP contribution in [-0.2, 0) is 11.3 Å². The number of hydrogen-bond donors (Lipinski definition) is 1. The number of piperidine rings is 1. The molecule has 1 N–H and O–H groups in total. The topological polar surface area (TPSA) is 32.3 Å². The number of carbonyl (C=O) groups excluding carboxylic acids is 1. The summed E-state index contributed by atoms with van der Waals surface area (Å²) in [6.45, 7) is 2.77. The van der Waals surface area contributed by atoms with E-state index in [1.54, 1.807) is 0 Å². The van der Waals surface area contributed by atoms with Crippen molar-refractivity contribution >= 4 is 29.1 Å². The Labute approximate surface area is 147 Å². The molecule has 5 heteroatoms. The summed E-state index contributed by atoms with van der Waals surface area (Å²) in [5.41, 5.74) is 1.37. The fraction of sp³-hybridized carbons (Fsp3) is 0.611. The quantitative estimate of drug-likeness (QED) is 0.891. The Morgan fingerprint density at radius 2 is 1.96 bits per heavy atom. The van der Waals surface area contributed by atoms with Gasteiger partial charge in [0.2, 0.25) is 5.91 Å². The zero-order chi connectivity index (χ0) is 16.0. The molecule has 124 valence electrons. The number of nitrogens with zero attached hydrogens (tertiary/aromatic N) is 1. The smallest absolute Gasteiger partial charge is 0.226 e. The van der Waals surface area contributed by atoms with Crippen LogP contribution in [0, 0.1) is 11.3 Å². The van der Waals surface area contributed by atoms with Crippen molar-refractivity contribution in [2.45, 2.75) is 44.7 Å². The first-order valence-corrected chi connectivity index (χ1v) is 9.30. The molecule has 1 aromatic carbocycles. The maximum atomic E-state index is 13.1. The molecule has 3 fully saturated rings. The second kappa shape index (κ2) is 5.94. The minimum Gasteiger partial charge on any atom is -0.335 e. The number of benzene rings is 1. The molecule has 0 radical (unpaired) electrons. The van der Waals surface area contributed by atoms with E-state index in [4.69, 9.17) is 23.2 Å². The summed E-state index contributed by atoms with van der Waals surface area (Å²) < 4.78 is 0. The molecule has 1 amide bonds. The molecule has 2 saturated carbocycles. The Balaban J connectivity index is 1.48. The number of halogens is 2. The predicted molar refractivity (Wildman–Crippen MR) is 92.7 cm³/mol. The van der Waals surface area contributed by atoms with Crippen LogP contribution in [0.1, 0.15) is 37.7 Å². The Morgan fingerprint density at radius 1 is 1.22 bits per heavy atom. The molecule has 1 atom stereocenters. The maximum Gasteiger partial charge on any atom is 0.226 e. The highest BCUT2D eigenvalue weighted by atomic mass is 35.5. The van der Waals surface area contributed by atoms with Gasteiger partial charge in [0, 0.05) is 18.5 Å². The largest absolute Gasteiger partial charge is 0.335 e. The van der Waals surface area contributed by atoms with Crippen molar-refractivity contribution < 1.29 is 4.79 Å². The van der Waals surface area contributed by atoms with Crippen LogP contribution in [-0.4, -0.2) is 29.9 Å². The van der Waals surface area contributed by atoms with Crippen molar-refractivity contribution in [3.05, 3.63) is 33.8 Å². The molecule has 4 rings (SSSR count). The van der Waals surface area contributed by atoms with Crippen LogP contribution in [0.4, 0.5) is 0 Å². The molecule has 2 aliphatic carbocycles. The van der Waals surface area contributed by atoms with Crippen molar-refractivity contribution in [1.82, 2.24) is 10.2 Å². The highest BCUT2D eigenvalue weighted by Gasteiger charge is 2.59. The highest BCUT2D eigenvalue weighted by molar-refractivity contribution is 6.42. The first-order valence-electron chi connectivity index (χ1n) is 8.54. The van der Waals surface area contributed by atoms with Gasteiger partial charge in [0.15, 0.2) is 0 Å². The first kappa shape index (κ1) is 15.7. The van der Waals surface area contributed by atoms with Crippen LogP contribution in [0.15, 0.2) is 18.2 Å². The second-order valence-corrected chi connectivity index (χ2v) is 8.13. The number of nitrogens with one attached hydrogen (secondary N) is 1. The van der Waals surface area contributed by atoms with E-state index in [9.17, 15) is 4.79 Å². The molecule has 1 spiro atoms. The lowest BCUT2D eigenvalue weighted by atomic mass is 9.91. The van der Waals surface area contributed by atoms with Crippen LogP contribution in [0.3, 0.4) is 0 Å². The van der Waals surface area contributed by atoms with E-state index in [1.165, 1.54) is 0 Å². The molecule has 0 bridgehead atoms. The van der Waals surface area contributed by atoms with E-state index in [0.717, 1.165) is 50.8 Å². The monoisotopic (exact) mass is 352 g/mol. The molecule has 1 saturated heterocycles. The molecule has 0 aromatic heterocycles. The molecule has 1 aliphatic heterocycles. The molecule has 3 aliphatic rings. The van der Waals surface area contributed by atoms with Gasteiger partial charge in [-0.05, 0) is 68.3 Å². The van der Waals surface area contributed by atoms with Crippen molar-refractivity contribution in [2.75, 3.05) is 13.1 Å². The summed E-state index contributed by atoms with van der Waals surface area (Å²) in [6, 6.07) is 6.11. The minimum absolute atomic E-state index is 0.243. The molecule has 23 heavy (non-hydrogen) atoms. The Hall–Kier alpha value is -0.770. The summed E-state index contributed by atoms with van der Waals surface area (Å²) in [4.78, 5) is 15.2. The van der Waals surface area contributed by atoms with E-state index in [2.05, 4.69) is 10.2 Å². The predicted octanol–water partition coefficient (Wildman–Crippen LogP) is 3.87. The first-order chi connectivity index (χ1) is 11.1. The van der Waals surface area contributed by atoms with E-state index in [0.29, 0.717) is 34.0 Å². The van der Waals surface area contributed by atoms with Crippen molar-refractivity contribution in [1.29, 1.82) is 0 Å². The van der Waals surface area contributed by atoms with Crippen molar-refractivity contribution in [3.63, 3.8) is 0 Å². The van der Waals surface area contributed by atoms with Gasteiger partial charge in [0.05, 0.1) is 10.0 Å². The summed E-state index contributed by atoms with van der Waals surface area (Å²) in [5, 5.41) is 4.53. The summed E-state index contributed by atoms with van der Waals surface area (Å²) in [7, 11) is 0. The molecule has 1 unspecified atom stereocenters. The highest BCUT2D eigenvalue weighted by Crippen LogP contribution is 2.59. The third kappa shape index (κ3) is 3.11. The molecule has 3 nitrogen and oxygen atoms in total. The van der Waals surface area contributed by atoms with Gasteiger partial charge >= 0.3 is 0 Å². The third-order valence-corrected chi connectivity index (χ3v) is 6.43. The van der Waals surface area contributed by atoms with Gasteiger partial charge in [-0.15, -0.1) is 0 Å². The Kier molecular flexibility index (Phi) is 4.07. The van der Waals surface area contributed by atoms with Gasteiger partial charge in [-0.25, -0.2) is 0 Å². The number of hydrogen-bond acceptors (Lipinski definition) is 2. The van der Waals surface area contributed by atoms with E-state index in [-0.39, 0.29) is 5.92 Å². The average molecular weight is 353 g/mol. The minimum atomic E-state index is 0.243. The number of carbonyl (C=O) groups is 1. The van der Waals surface area contributed by atoms with Gasteiger partial charge in [0.25, 0.3) is 0 Å². The van der Waals surface area contributed by atoms with Gasteiger partial charge in [-0.3, -0.25) is 4.79 Å². The molecule has 1 heterocycles. The van der Waals surface area contributed by atoms with Crippen LogP contribution in [0.2, 0.25) is 10.0 Å². The van der Waals surface area contributed by atoms with E-state index < -0.39 is 0 Å². The maximum absolute atomic E-state index is 13.1. The van der Waals surface area contributed by atoms with Gasteiger partial charge in [-0.1, -0.05) is 29.3 Å². The van der Waals surface area contributed by atoms with Crippen LogP contribution >= 0.6 is 23.2 Å². The summed E-state index contributed by atoms with van der Waals surface area (Å²) >= 11 is 12.1. The Morgan fingerprint density at radius 3 is 2.61 bits per heavy atom. The van der Waals surface area contributed by atoms with E-state index in [1.807, 2.05) is 18.2 Å².